The van der Waals surface area contributed by atoms with Crippen LogP contribution in [0.4, 0.5) is 0 Å². The molecule has 0 saturated carbocycles. The number of fused-ring (bicyclic) bond motifs is 1. The van der Waals surface area contributed by atoms with Gasteiger partial charge in [-0.2, -0.15) is 0 Å². The van der Waals surface area contributed by atoms with Crippen molar-refractivity contribution in [1.82, 2.24) is 0 Å². The van der Waals surface area contributed by atoms with Crippen molar-refractivity contribution in [2.24, 2.45) is 0 Å². The largest absolute Gasteiger partial charge is 0.0838 e. The fraction of sp³-hybridized carbons (Fsp3) is 0.333. The summed E-state index contributed by atoms with van der Waals surface area (Å²) in [6.07, 6.45) is 2.21. The Kier molecular flexibility index (Phi) is 3.26. The van der Waals surface area contributed by atoms with Gasteiger partial charge < -0.3 is 0 Å². The molecule has 2 aromatic carbocycles. The molecule has 3 rings (SSSR count). The van der Waals surface area contributed by atoms with Crippen molar-refractivity contribution >= 4 is 15.9 Å². The van der Waals surface area contributed by atoms with Crippen LogP contribution in [0.25, 0.3) is 0 Å². The first kappa shape index (κ1) is 12.9. The second kappa shape index (κ2) is 4.79. The van der Waals surface area contributed by atoms with Crippen LogP contribution in [0.2, 0.25) is 0 Å². The quantitative estimate of drug-likeness (QED) is 0.651. The van der Waals surface area contributed by atoms with E-state index in [1.165, 1.54) is 28.7 Å². The molecule has 0 fully saturated rings. The Labute approximate surface area is 124 Å². The maximum absolute atomic E-state index is 3.83. The molecule has 0 bridgehead atoms. The molecule has 0 saturated heterocycles. The molecule has 98 valence electrons. The summed E-state index contributed by atoms with van der Waals surface area (Å²) >= 11 is 3.83. The molecule has 0 nitrogen and oxygen atoms in total. The van der Waals surface area contributed by atoms with Crippen LogP contribution in [0.3, 0.4) is 0 Å². The van der Waals surface area contributed by atoms with Crippen molar-refractivity contribution < 1.29 is 0 Å². The number of benzene rings is 2. The number of halogens is 1. The van der Waals surface area contributed by atoms with E-state index in [2.05, 4.69) is 78.3 Å². The van der Waals surface area contributed by atoms with Crippen LogP contribution in [0, 0.1) is 0 Å². The Bertz CT molecular complexity index is 584. The van der Waals surface area contributed by atoms with E-state index in [0.29, 0.717) is 10.2 Å². The number of rotatable bonds is 2. The van der Waals surface area contributed by atoms with Gasteiger partial charge in [0.25, 0.3) is 0 Å². The normalized spacial score (nSPS) is 20.3. The molecule has 0 spiro atoms. The number of alkyl halides is 1. The van der Waals surface area contributed by atoms with Crippen LogP contribution >= 0.6 is 15.9 Å². The Morgan fingerprint density at radius 3 is 2.53 bits per heavy atom. The molecule has 0 aliphatic heterocycles. The average Bonchev–Trinajstić information content (AvgIpc) is 2.61. The highest BCUT2D eigenvalue weighted by molar-refractivity contribution is 9.09. The third kappa shape index (κ3) is 2.49. The molecular weight excluding hydrogens is 296 g/mol. The van der Waals surface area contributed by atoms with Crippen molar-refractivity contribution in [1.29, 1.82) is 0 Å². The van der Waals surface area contributed by atoms with Gasteiger partial charge in [0.05, 0.1) is 0 Å². The Hall–Kier alpha value is -1.08. The lowest BCUT2D eigenvalue weighted by atomic mass is 9.86. The summed E-state index contributed by atoms with van der Waals surface area (Å²) in [5.41, 5.74) is 6.08. The Morgan fingerprint density at radius 2 is 1.79 bits per heavy atom. The predicted molar refractivity (Wildman–Crippen MR) is 85.0 cm³/mol. The first-order chi connectivity index (χ1) is 9.06. The van der Waals surface area contributed by atoms with Crippen molar-refractivity contribution in [3.8, 4) is 0 Å². The zero-order valence-corrected chi connectivity index (χ0v) is 13.1. The summed E-state index contributed by atoms with van der Waals surface area (Å²) in [6.45, 7) is 4.67. The third-order valence-electron chi connectivity index (χ3n) is 4.12. The van der Waals surface area contributed by atoms with E-state index < -0.39 is 0 Å². The van der Waals surface area contributed by atoms with Gasteiger partial charge in [-0.05, 0) is 40.5 Å². The van der Waals surface area contributed by atoms with Gasteiger partial charge in [-0.15, -0.1) is 0 Å². The van der Waals surface area contributed by atoms with Gasteiger partial charge in [0.15, 0.2) is 0 Å². The summed E-state index contributed by atoms with van der Waals surface area (Å²) in [4.78, 5) is 0.508. The van der Waals surface area contributed by atoms with E-state index in [0.717, 1.165) is 6.42 Å². The maximum atomic E-state index is 3.83. The highest BCUT2D eigenvalue weighted by atomic mass is 79.9. The van der Waals surface area contributed by atoms with Crippen molar-refractivity contribution in [3.63, 3.8) is 0 Å². The Morgan fingerprint density at radius 1 is 1.05 bits per heavy atom. The molecule has 0 radical (unpaired) electrons. The first-order valence-electron chi connectivity index (χ1n) is 6.87. The first-order valence-corrected chi connectivity index (χ1v) is 7.79. The zero-order valence-electron chi connectivity index (χ0n) is 11.5. The molecule has 0 aromatic heterocycles. The molecule has 0 amide bonds. The molecule has 2 aromatic rings. The van der Waals surface area contributed by atoms with Gasteiger partial charge in [-0.1, -0.05) is 78.3 Å². The van der Waals surface area contributed by atoms with Crippen molar-refractivity contribution in [2.45, 2.75) is 36.9 Å². The van der Waals surface area contributed by atoms with Crippen LogP contribution in [0.1, 0.15) is 47.3 Å². The van der Waals surface area contributed by atoms with Crippen molar-refractivity contribution in [2.75, 3.05) is 0 Å². The number of hydrogen-bond donors (Lipinski definition) is 0. The highest BCUT2D eigenvalue weighted by Crippen LogP contribution is 2.48. The van der Waals surface area contributed by atoms with Crippen LogP contribution in [-0.2, 0) is 11.8 Å². The fourth-order valence-electron chi connectivity index (χ4n) is 3.10. The van der Waals surface area contributed by atoms with Gasteiger partial charge in [0.1, 0.15) is 0 Å². The molecular formula is C18H19Br. The van der Waals surface area contributed by atoms with Gasteiger partial charge in [-0.3, -0.25) is 0 Å². The summed E-state index contributed by atoms with van der Waals surface area (Å²) < 4.78 is 0. The predicted octanol–water partition coefficient (Wildman–Crippen LogP) is 5.39. The molecule has 1 aliphatic rings. The molecule has 1 atom stereocenters. The SMILES string of the molecule is CC1(C)CC(Br)c2cc(Cc3ccccc3)ccc21. The molecule has 0 N–H and O–H groups in total. The second-order valence-electron chi connectivity index (χ2n) is 6.14. The average molecular weight is 315 g/mol. The molecule has 19 heavy (non-hydrogen) atoms. The van der Waals surface area contributed by atoms with E-state index in [1.807, 2.05) is 0 Å². The minimum absolute atomic E-state index is 0.300. The van der Waals surface area contributed by atoms with Crippen LogP contribution in [0.15, 0.2) is 48.5 Å². The molecule has 1 unspecified atom stereocenters. The van der Waals surface area contributed by atoms with E-state index in [9.17, 15) is 0 Å². The lowest BCUT2D eigenvalue weighted by Gasteiger charge is -2.18. The molecule has 0 heterocycles. The number of hydrogen-bond acceptors (Lipinski definition) is 0. The molecule has 1 aliphatic carbocycles. The van der Waals surface area contributed by atoms with Crippen molar-refractivity contribution in [3.05, 3.63) is 70.8 Å². The monoisotopic (exact) mass is 314 g/mol. The van der Waals surface area contributed by atoms with Gasteiger partial charge in [0, 0.05) is 4.83 Å². The standard InChI is InChI=1S/C18H19Br/c1-18(2)12-17(19)15-11-14(8-9-16(15)18)10-13-6-4-3-5-7-13/h3-9,11,17H,10,12H2,1-2H3. The topological polar surface area (TPSA) is 0 Å². The maximum Gasteiger partial charge on any atom is 0.0406 e. The van der Waals surface area contributed by atoms with Gasteiger partial charge in [-0.25, -0.2) is 0 Å². The summed E-state index contributed by atoms with van der Waals surface area (Å²) in [5, 5.41) is 0. The minimum Gasteiger partial charge on any atom is -0.0838 e. The van der Waals surface area contributed by atoms with E-state index in [1.54, 1.807) is 0 Å². The zero-order chi connectivity index (χ0) is 13.5. The summed E-state index contributed by atoms with van der Waals surface area (Å²) in [5.74, 6) is 0. The lowest BCUT2D eigenvalue weighted by molar-refractivity contribution is 0.521. The van der Waals surface area contributed by atoms with Gasteiger partial charge >= 0.3 is 0 Å². The second-order valence-corrected chi connectivity index (χ2v) is 7.24. The minimum atomic E-state index is 0.300. The van der Waals surface area contributed by atoms with E-state index in [4.69, 9.17) is 0 Å². The van der Waals surface area contributed by atoms with Crippen LogP contribution in [0.5, 0.6) is 0 Å². The fourth-order valence-corrected chi connectivity index (χ4v) is 4.29. The van der Waals surface area contributed by atoms with E-state index in [-0.39, 0.29) is 0 Å². The Balaban J connectivity index is 1.93. The summed E-state index contributed by atoms with van der Waals surface area (Å²) in [7, 11) is 0. The lowest BCUT2D eigenvalue weighted by Crippen LogP contribution is -2.11. The third-order valence-corrected chi connectivity index (χ3v) is 4.94. The molecule has 1 heteroatoms. The van der Waals surface area contributed by atoms with Gasteiger partial charge in [0.2, 0.25) is 0 Å². The summed E-state index contributed by atoms with van der Waals surface area (Å²) in [6, 6.07) is 17.7. The highest BCUT2D eigenvalue weighted by Gasteiger charge is 2.35. The smallest absolute Gasteiger partial charge is 0.0406 e. The van der Waals surface area contributed by atoms with E-state index >= 15 is 0 Å². The van der Waals surface area contributed by atoms with Crippen LogP contribution < -0.4 is 0 Å². The van der Waals surface area contributed by atoms with Crippen LogP contribution in [-0.4, -0.2) is 0 Å².